The zero-order valence-electron chi connectivity index (χ0n) is 15.7. The van der Waals surface area contributed by atoms with Crippen molar-refractivity contribution < 1.29 is 18.7 Å². The number of hydrogen-bond acceptors (Lipinski definition) is 5. The molecule has 1 heterocycles. The van der Waals surface area contributed by atoms with Crippen LogP contribution in [0.25, 0.3) is 11.0 Å². The molecule has 0 aliphatic carbocycles. The van der Waals surface area contributed by atoms with Crippen molar-refractivity contribution in [2.24, 2.45) is 0 Å². The minimum Gasteiger partial charge on any atom is -0.479 e. The first kappa shape index (κ1) is 18.7. The van der Waals surface area contributed by atoms with Gasteiger partial charge in [0.1, 0.15) is 17.9 Å². The summed E-state index contributed by atoms with van der Waals surface area (Å²) in [6.45, 7) is 5.59. The summed E-state index contributed by atoms with van der Waals surface area (Å²) < 4.78 is 16.3. The molecule has 0 amide bonds. The van der Waals surface area contributed by atoms with Crippen molar-refractivity contribution in [2.75, 3.05) is 0 Å². The average molecular weight is 366 g/mol. The molecule has 0 spiro atoms. The van der Waals surface area contributed by atoms with Gasteiger partial charge in [-0.3, -0.25) is 0 Å². The Hall–Kier alpha value is -3.08. The van der Waals surface area contributed by atoms with Crippen LogP contribution < -0.4 is 10.4 Å². The molecule has 0 fully saturated rings. The lowest BCUT2D eigenvalue weighted by Crippen LogP contribution is -2.26. The molecule has 5 heteroatoms. The van der Waals surface area contributed by atoms with Crippen molar-refractivity contribution in [3.8, 4) is 5.75 Å². The topological polar surface area (TPSA) is 65.7 Å². The molecule has 1 atom stereocenters. The number of carbonyl (C=O) groups is 1. The Kier molecular flexibility index (Phi) is 5.60. The highest BCUT2D eigenvalue weighted by Gasteiger charge is 2.17. The summed E-state index contributed by atoms with van der Waals surface area (Å²) in [5.74, 6) is 0.112. The van der Waals surface area contributed by atoms with Gasteiger partial charge in [-0.1, -0.05) is 31.2 Å². The largest absolute Gasteiger partial charge is 0.479 e. The Balaban J connectivity index is 1.72. The van der Waals surface area contributed by atoms with Gasteiger partial charge in [-0.15, -0.1) is 0 Å². The average Bonchev–Trinajstić information content (AvgIpc) is 2.65. The summed E-state index contributed by atoms with van der Waals surface area (Å²) >= 11 is 0. The highest BCUT2D eigenvalue weighted by molar-refractivity contribution is 5.81. The van der Waals surface area contributed by atoms with E-state index in [9.17, 15) is 9.59 Å². The molecule has 3 rings (SSSR count). The molecule has 27 heavy (non-hydrogen) atoms. The van der Waals surface area contributed by atoms with Crippen molar-refractivity contribution in [2.45, 2.75) is 39.9 Å². The fraction of sp³-hybridized carbons (Fsp3) is 0.273. The van der Waals surface area contributed by atoms with Gasteiger partial charge in [0.15, 0.2) is 6.10 Å². The Morgan fingerprint density at radius 2 is 1.96 bits per heavy atom. The van der Waals surface area contributed by atoms with Crippen molar-refractivity contribution in [1.82, 2.24) is 0 Å². The van der Waals surface area contributed by atoms with Gasteiger partial charge in [-0.25, -0.2) is 9.59 Å². The number of rotatable bonds is 6. The van der Waals surface area contributed by atoms with Crippen molar-refractivity contribution in [3.63, 3.8) is 0 Å². The second-order valence-corrected chi connectivity index (χ2v) is 6.46. The molecule has 140 valence electrons. The Morgan fingerprint density at radius 3 is 2.70 bits per heavy atom. The van der Waals surface area contributed by atoms with Gasteiger partial charge in [0, 0.05) is 17.0 Å². The van der Waals surface area contributed by atoms with Crippen molar-refractivity contribution >= 4 is 16.9 Å². The maximum atomic E-state index is 12.3. The summed E-state index contributed by atoms with van der Waals surface area (Å²) in [7, 11) is 0. The molecule has 2 aromatic carbocycles. The number of aryl methyl sites for hydroxylation is 2. The summed E-state index contributed by atoms with van der Waals surface area (Å²) in [5.41, 5.74) is 2.75. The number of carbonyl (C=O) groups excluding carboxylic acids is 1. The first-order chi connectivity index (χ1) is 13.0. The first-order valence-electron chi connectivity index (χ1n) is 8.92. The van der Waals surface area contributed by atoms with Crippen LogP contribution in [0.5, 0.6) is 5.75 Å². The molecule has 3 aromatic rings. The predicted molar refractivity (Wildman–Crippen MR) is 103 cm³/mol. The van der Waals surface area contributed by atoms with Gasteiger partial charge in [-0.2, -0.15) is 0 Å². The normalized spacial score (nSPS) is 12.0. The van der Waals surface area contributed by atoms with Crippen LogP contribution in [0.3, 0.4) is 0 Å². The van der Waals surface area contributed by atoms with E-state index in [4.69, 9.17) is 13.9 Å². The fourth-order valence-electron chi connectivity index (χ4n) is 2.82. The van der Waals surface area contributed by atoms with Gasteiger partial charge in [-0.05, 0) is 49.6 Å². The van der Waals surface area contributed by atoms with Gasteiger partial charge < -0.3 is 13.9 Å². The van der Waals surface area contributed by atoms with E-state index in [0.29, 0.717) is 16.9 Å². The second-order valence-electron chi connectivity index (χ2n) is 6.46. The lowest BCUT2D eigenvalue weighted by molar-refractivity contribution is -0.152. The Labute approximate surface area is 157 Å². The van der Waals surface area contributed by atoms with Gasteiger partial charge in [0.25, 0.3) is 0 Å². The maximum Gasteiger partial charge on any atom is 0.347 e. The van der Waals surface area contributed by atoms with E-state index in [1.165, 1.54) is 6.07 Å². The third kappa shape index (κ3) is 4.56. The van der Waals surface area contributed by atoms with E-state index < -0.39 is 17.7 Å². The van der Waals surface area contributed by atoms with Crippen LogP contribution in [0.15, 0.2) is 57.7 Å². The second kappa shape index (κ2) is 8.08. The smallest absolute Gasteiger partial charge is 0.347 e. The SMILES string of the molecule is CCc1ccc2c(COC(=O)[C@H](C)Oc3cccc(C)c3)cc(=O)oc2c1. The minimum absolute atomic E-state index is 0.0199. The van der Waals surface area contributed by atoms with Crippen LogP contribution in [-0.2, 0) is 22.6 Å². The zero-order valence-corrected chi connectivity index (χ0v) is 15.7. The highest BCUT2D eigenvalue weighted by atomic mass is 16.6. The quantitative estimate of drug-likeness (QED) is 0.484. The summed E-state index contributed by atoms with van der Waals surface area (Å²) in [6, 6.07) is 14.5. The molecule has 0 aliphatic rings. The molecule has 0 saturated heterocycles. The number of hydrogen-bond donors (Lipinski definition) is 0. The number of ether oxygens (including phenoxy) is 2. The first-order valence-corrected chi connectivity index (χ1v) is 8.92. The van der Waals surface area contributed by atoms with Crippen LogP contribution in [0.4, 0.5) is 0 Å². The van der Waals surface area contributed by atoms with Crippen LogP contribution in [0.1, 0.15) is 30.5 Å². The maximum absolute atomic E-state index is 12.3. The summed E-state index contributed by atoms with van der Waals surface area (Å²) in [6.07, 6.45) is 0.0806. The highest BCUT2D eigenvalue weighted by Crippen LogP contribution is 2.20. The van der Waals surface area contributed by atoms with E-state index in [-0.39, 0.29) is 6.61 Å². The third-order valence-electron chi connectivity index (χ3n) is 4.31. The van der Waals surface area contributed by atoms with Crippen molar-refractivity contribution in [3.05, 3.63) is 75.6 Å². The van der Waals surface area contributed by atoms with Crippen LogP contribution in [0.2, 0.25) is 0 Å². The zero-order chi connectivity index (χ0) is 19.4. The van der Waals surface area contributed by atoms with Gasteiger partial charge in [0.05, 0.1) is 0 Å². The van der Waals surface area contributed by atoms with Crippen LogP contribution in [0, 0.1) is 6.92 Å². The fourth-order valence-corrected chi connectivity index (χ4v) is 2.82. The van der Waals surface area contributed by atoms with Gasteiger partial charge in [0.2, 0.25) is 0 Å². The van der Waals surface area contributed by atoms with Crippen LogP contribution >= 0.6 is 0 Å². The van der Waals surface area contributed by atoms with Crippen LogP contribution in [-0.4, -0.2) is 12.1 Å². The van der Waals surface area contributed by atoms with E-state index in [1.807, 2.05) is 50.2 Å². The van der Waals surface area contributed by atoms with Crippen molar-refractivity contribution in [1.29, 1.82) is 0 Å². The summed E-state index contributed by atoms with van der Waals surface area (Å²) in [4.78, 5) is 24.1. The molecule has 0 radical (unpaired) electrons. The number of esters is 1. The standard InChI is InChI=1S/C22H22O5/c1-4-16-8-9-19-17(12-21(23)27-20(19)11-16)13-25-22(24)15(3)26-18-7-5-6-14(2)10-18/h5-12,15H,4,13H2,1-3H3/t15-/m0/s1. The lowest BCUT2D eigenvalue weighted by Gasteiger charge is -2.15. The van der Waals surface area contributed by atoms with Gasteiger partial charge >= 0.3 is 11.6 Å². The van der Waals surface area contributed by atoms with E-state index in [2.05, 4.69) is 0 Å². The molecule has 0 N–H and O–H groups in total. The molecular formula is C22H22O5. The Bertz CT molecular complexity index is 1020. The molecule has 0 bridgehead atoms. The molecule has 5 nitrogen and oxygen atoms in total. The van der Waals surface area contributed by atoms with E-state index in [1.54, 1.807) is 13.0 Å². The molecule has 0 aliphatic heterocycles. The predicted octanol–water partition coefficient (Wildman–Crippen LogP) is 4.17. The molecule has 0 saturated carbocycles. The lowest BCUT2D eigenvalue weighted by atomic mass is 10.1. The molecular weight excluding hydrogens is 344 g/mol. The van der Waals surface area contributed by atoms with E-state index in [0.717, 1.165) is 22.9 Å². The summed E-state index contributed by atoms with van der Waals surface area (Å²) in [5, 5.41) is 0.756. The van der Waals surface area contributed by atoms with E-state index >= 15 is 0 Å². The number of benzene rings is 2. The third-order valence-corrected chi connectivity index (χ3v) is 4.31. The minimum atomic E-state index is -0.759. The molecule has 1 aromatic heterocycles. The Morgan fingerprint density at radius 1 is 1.15 bits per heavy atom. The monoisotopic (exact) mass is 366 g/mol. The number of fused-ring (bicyclic) bond motifs is 1. The molecule has 0 unspecified atom stereocenters.